The Morgan fingerprint density at radius 2 is 1.74 bits per heavy atom. The number of hydrogen-bond donors (Lipinski definition) is 1. The lowest BCUT2D eigenvalue weighted by atomic mass is 9.99. The van der Waals surface area contributed by atoms with Gasteiger partial charge in [0.2, 0.25) is 0 Å². The first-order valence-electron chi connectivity index (χ1n) is 10.4. The van der Waals surface area contributed by atoms with Crippen LogP contribution in [0.1, 0.15) is 69.9 Å². The molecule has 0 aliphatic heterocycles. The van der Waals surface area contributed by atoms with E-state index in [2.05, 4.69) is 68.5 Å². The van der Waals surface area contributed by atoms with Crippen LogP contribution in [0.15, 0.2) is 60.7 Å². The van der Waals surface area contributed by atoms with E-state index < -0.39 is 5.97 Å². The fraction of sp³-hybridized carbons (Fsp3) is 0.480. The van der Waals surface area contributed by atoms with E-state index in [4.69, 9.17) is 5.11 Å². The van der Waals surface area contributed by atoms with Crippen LogP contribution in [0.5, 0.6) is 0 Å². The molecule has 0 aromatic heterocycles. The number of carbonyl (C=O) groups is 1. The molecular formula is C25H36O2. The van der Waals surface area contributed by atoms with Crippen molar-refractivity contribution in [2.24, 2.45) is 5.92 Å². The molecule has 0 aliphatic rings. The van der Waals surface area contributed by atoms with Gasteiger partial charge in [0.05, 0.1) is 0 Å². The summed E-state index contributed by atoms with van der Waals surface area (Å²) in [6, 6.07) is 8.34. The van der Waals surface area contributed by atoms with Crippen LogP contribution >= 0.6 is 0 Å². The van der Waals surface area contributed by atoms with Crippen molar-refractivity contribution < 1.29 is 9.90 Å². The molecule has 148 valence electrons. The third-order valence-electron chi connectivity index (χ3n) is 4.59. The highest BCUT2D eigenvalue weighted by Gasteiger charge is 2.02. The minimum atomic E-state index is -0.718. The molecule has 0 bridgehead atoms. The number of aliphatic carboxylic acids is 1. The van der Waals surface area contributed by atoms with Crippen LogP contribution < -0.4 is 0 Å². The normalized spacial score (nSPS) is 13.1. The summed E-state index contributed by atoms with van der Waals surface area (Å²) in [5.41, 5.74) is 2.56. The monoisotopic (exact) mass is 368 g/mol. The van der Waals surface area contributed by atoms with Crippen molar-refractivity contribution in [1.29, 1.82) is 0 Å². The van der Waals surface area contributed by atoms with Crippen LogP contribution in [0.2, 0.25) is 0 Å². The molecule has 27 heavy (non-hydrogen) atoms. The molecule has 0 saturated heterocycles. The number of rotatable bonds is 14. The van der Waals surface area contributed by atoms with Gasteiger partial charge in [-0.15, -0.1) is 0 Å². The lowest BCUT2D eigenvalue weighted by molar-refractivity contribution is -0.137. The summed E-state index contributed by atoms with van der Waals surface area (Å²) in [6.45, 7) is 4.46. The van der Waals surface area contributed by atoms with Gasteiger partial charge >= 0.3 is 5.97 Å². The average molecular weight is 369 g/mol. The predicted molar refractivity (Wildman–Crippen MR) is 116 cm³/mol. The zero-order chi connectivity index (χ0) is 19.7. The zero-order valence-electron chi connectivity index (χ0n) is 17.1. The second-order valence-corrected chi connectivity index (χ2v) is 7.14. The van der Waals surface area contributed by atoms with Crippen molar-refractivity contribution in [3.63, 3.8) is 0 Å². The number of unbranched alkanes of at least 4 members (excludes halogenated alkanes) is 3. The van der Waals surface area contributed by atoms with E-state index >= 15 is 0 Å². The number of carboxylic acid groups (broad SMARTS) is 1. The average Bonchev–Trinajstić information content (AvgIpc) is 2.65. The summed E-state index contributed by atoms with van der Waals surface area (Å²) < 4.78 is 0. The van der Waals surface area contributed by atoms with Gasteiger partial charge in [-0.3, -0.25) is 4.79 Å². The Hall–Kier alpha value is -2.09. The summed E-state index contributed by atoms with van der Waals surface area (Å²) >= 11 is 0. The molecule has 1 aromatic carbocycles. The lowest BCUT2D eigenvalue weighted by Gasteiger charge is -2.06. The maximum absolute atomic E-state index is 10.7. The molecule has 2 nitrogen and oxygen atoms in total. The van der Waals surface area contributed by atoms with Gasteiger partial charge in [-0.1, -0.05) is 87.4 Å². The van der Waals surface area contributed by atoms with Crippen molar-refractivity contribution in [2.75, 3.05) is 0 Å². The third kappa shape index (κ3) is 12.0. The molecule has 0 fully saturated rings. The quantitative estimate of drug-likeness (QED) is 0.286. The van der Waals surface area contributed by atoms with Gasteiger partial charge in [-0.25, -0.2) is 0 Å². The topological polar surface area (TPSA) is 37.3 Å². The van der Waals surface area contributed by atoms with Crippen molar-refractivity contribution in [2.45, 2.75) is 71.6 Å². The van der Waals surface area contributed by atoms with E-state index in [1.54, 1.807) is 0 Å². The Bertz CT molecular complexity index is 611. The van der Waals surface area contributed by atoms with Gasteiger partial charge < -0.3 is 5.11 Å². The van der Waals surface area contributed by atoms with E-state index in [0.717, 1.165) is 19.3 Å². The smallest absolute Gasteiger partial charge is 0.303 e. The van der Waals surface area contributed by atoms with Gasteiger partial charge in [0.25, 0.3) is 0 Å². The van der Waals surface area contributed by atoms with E-state index in [-0.39, 0.29) is 6.42 Å². The molecule has 0 amide bonds. The van der Waals surface area contributed by atoms with Crippen molar-refractivity contribution >= 4 is 5.97 Å². The van der Waals surface area contributed by atoms with Crippen molar-refractivity contribution in [3.8, 4) is 0 Å². The largest absolute Gasteiger partial charge is 0.481 e. The summed E-state index contributed by atoms with van der Waals surface area (Å²) in [6.07, 6.45) is 22.2. The van der Waals surface area contributed by atoms with Crippen LogP contribution in [-0.2, 0) is 17.6 Å². The fourth-order valence-corrected chi connectivity index (χ4v) is 3.00. The molecule has 1 rings (SSSR count). The first-order chi connectivity index (χ1) is 13.1. The third-order valence-corrected chi connectivity index (χ3v) is 4.59. The number of hydrogen-bond acceptors (Lipinski definition) is 1. The molecule has 1 N–H and O–H groups in total. The molecule has 1 atom stereocenters. The Kier molecular flexibility index (Phi) is 12.8. The molecular weight excluding hydrogens is 332 g/mol. The number of allylic oxidation sites excluding steroid dienone is 6. The second-order valence-electron chi connectivity index (χ2n) is 7.14. The molecule has 0 heterocycles. The summed E-state index contributed by atoms with van der Waals surface area (Å²) in [5.74, 6) is -0.223. The lowest BCUT2D eigenvalue weighted by Crippen LogP contribution is -1.98. The molecule has 0 aliphatic carbocycles. The van der Waals surface area contributed by atoms with E-state index in [1.807, 2.05) is 6.07 Å². The highest BCUT2D eigenvalue weighted by Crippen LogP contribution is 2.13. The maximum Gasteiger partial charge on any atom is 0.303 e. The van der Waals surface area contributed by atoms with Gasteiger partial charge in [0.1, 0.15) is 0 Å². The van der Waals surface area contributed by atoms with Crippen LogP contribution in [0.3, 0.4) is 0 Å². The first-order valence-corrected chi connectivity index (χ1v) is 10.4. The zero-order valence-corrected chi connectivity index (χ0v) is 17.1. The van der Waals surface area contributed by atoms with E-state index in [0.29, 0.717) is 12.3 Å². The van der Waals surface area contributed by atoms with Crippen molar-refractivity contribution in [1.82, 2.24) is 0 Å². The molecule has 1 unspecified atom stereocenters. The molecule has 0 saturated carbocycles. The van der Waals surface area contributed by atoms with E-state index in [1.165, 1.54) is 36.8 Å². The minimum absolute atomic E-state index is 0.236. The van der Waals surface area contributed by atoms with Gasteiger partial charge in [0, 0.05) is 6.42 Å². The summed E-state index contributed by atoms with van der Waals surface area (Å²) in [4.78, 5) is 10.7. The van der Waals surface area contributed by atoms with Crippen LogP contribution in [-0.4, -0.2) is 11.1 Å². The number of benzene rings is 1. The fourth-order valence-electron chi connectivity index (χ4n) is 3.00. The number of carboxylic acids is 1. The van der Waals surface area contributed by atoms with Crippen molar-refractivity contribution in [3.05, 3.63) is 71.8 Å². The van der Waals surface area contributed by atoms with Crippen LogP contribution in [0.25, 0.3) is 0 Å². The highest BCUT2D eigenvalue weighted by atomic mass is 16.4. The maximum atomic E-state index is 10.7. The second kappa shape index (κ2) is 15.0. The van der Waals surface area contributed by atoms with E-state index in [9.17, 15) is 4.79 Å². The number of aryl methyl sites for hydroxylation is 1. The van der Waals surface area contributed by atoms with Gasteiger partial charge in [-0.05, 0) is 55.6 Å². The molecule has 2 heteroatoms. The summed E-state index contributed by atoms with van der Waals surface area (Å²) in [7, 11) is 0. The van der Waals surface area contributed by atoms with Crippen LogP contribution in [0, 0.1) is 5.92 Å². The molecule has 1 aromatic rings. The first kappa shape index (κ1) is 23.0. The highest BCUT2D eigenvalue weighted by molar-refractivity contribution is 5.66. The van der Waals surface area contributed by atoms with Gasteiger partial charge in [-0.2, -0.15) is 0 Å². The Morgan fingerprint density at radius 1 is 1.00 bits per heavy atom. The SMILES string of the molecule is CCCCC/C=C\C(C)/C=C\C/C=C\Cc1ccccc1CCCC(=O)O. The standard InChI is InChI=1S/C25H36O2/c1-3-4-5-6-9-15-22(2)16-10-7-8-11-17-23-18-12-13-19-24(23)20-14-21-25(26)27/h8-13,15-16,18-19,22H,3-7,14,17,20-21H2,1-2H3,(H,26,27)/b11-8-,15-9-,16-10-. The Labute approximate surface area is 165 Å². The van der Waals surface area contributed by atoms with Crippen LogP contribution in [0.4, 0.5) is 0 Å². The summed E-state index contributed by atoms with van der Waals surface area (Å²) in [5, 5.41) is 8.78. The molecule has 0 spiro atoms. The predicted octanol–water partition coefficient (Wildman–Crippen LogP) is 6.91. The van der Waals surface area contributed by atoms with Gasteiger partial charge in [0.15, 0.2) is 0 Å². The Morgan fingerprint density at radius 3 is 2.48 bits per heavy atom. The molecule has 0 radical (unpaired) electrons. The minimum Gasteiger partial charge on any atom is -0.481 e. The Balaban J connectivity index is 2.33.